The molecular formula is C37H67NO5. The second kappa shape index (κ2) is 31.7. The van der Waals surface area contributed by atoms with Gasteiger partial charge in [0.05, 0.1) is 18.8 Å². The van der Waals surface area contributed by atoms with Crippen molar-refractivity contribution >= 4 is 5.91 Å². The third-order valence-corrected chi connectivity index (χ3v) is 7.75. The molecule has 43 heavy (non-hydrogen) atoms. The maximum Gasteiger partial charge on any atom is 0.249 e. The first-order valence-electron chi connectivity index (χ1n) is 17.5. The molecule has 0 spiro atoms. The van der Waals surface area contributed by atoms with E-state index in [9.17, 15) is 25.2 Å². The molecular weight excluding hydrogens is 538 g/mol. The number of hydrogen-bond acceptors (Lipinski definition) is 5. The summed E-state index contributed by atoms with van der Waals surface area (Å²) in [5.74, 6) is -0.669. The van der Waals surface area contributed by atoms with Gasteiger partial charge in [-0.05, 0) is 64.2 Å². The summed E-state index contributed by atoms with van der Waals surface area (Å²) in [6, 6.07) is -1.04. The molecule has 0 aromatic heterocycles. The topological polar surface area (TPSA) is 110 Å². The average molecular weight is 606 g/mol. The minimum absolute atomic E-state index is 0.148. The third kappa shape index (κ3) is 26.4. The van der Waals surface area contributed by atoms with Crippen LogP contribution in [0.5, 0.6) is 0 Å². The number of aliphatic hydroxyl groups excluding tert-OH is 4. The zero-order valence-electron chi connectivity index (χ0n) is 27.7. The smallest absolute Gasteiger partial charge is 0.249 e. The normalized spacial score (nSPS) is 15.2. The highest BCUT2D eigenvalue weighted by molar-refractivity contribution is 5.81. The van der Waals surface area contributed by atoms with Gasteiger partial charge in [0.2, 0.25) is 5.91 Å². The summed E-state index contributed by atoms with van der Waals surface area (Å²) in [4.78, 5) is 12.4. The standard InChI is InChI=1S/C37H67NO5/c1-3-5-7-9-11-13-15-17-18-19-21-22-24-26-28-30-34(40)36(42)33(32-39)38-37(43)35(41)31-29-27-25-23-20-16-14-12-10-8-6-4-2/h17-18,20,22-24,27,29,33-36,39-42H,3-16,19,21,25-26,28,30-32H2,1-2H3,(H,38,43)/b18-17+,23-20-,24-22+,29-27-. The van der Waals surface area contributed by atoms with Gasteiger partial charge in [-0.25, -0.2) is 0 Å². The summed E-state index contributed by atoms with van der Waals surface area (Å²) in [6.45, 7) is 3.94. The number of carbonyl (C=O) groups is 1. The molecule has 6 nitrogen and oxygen atoms in total. The van der Waals surface area contributed by atoms with Crippen LogP contribution in [0, 0.1) is 0 Å². The van der Waals surface area contributed by atoms with E-state index in [2.05, 4.69) is 55.6 Å². The first-order chi connectivity index (χ1) is 21.0. The molecule has 0 aliphatic carbocycles. The molecule has 4 unspecified atom stereocenters. The van der Waals surface area contributed by atoms with Crippen LogP contribution in [0.2, 0.25) is 0 Å². The predicted molar refractivity (Wildman–Crippen MR) is 182 cm³/mol. The summed E-state index contributed by atoms with van der Waals surface area (Å²) in [6.07, 6.45) is 35.8. The van der Waals surface area contributed by atoms with Crippen LogP contribution in [0.25, 0.3) is 0 Å². The number of hydrogen-bond donors (Lipinski definition) is 5. The van der Waals surface area contributed by atoms with E-state index in [1.807, 2.05) is 6.08 Å². The highest BCUT2D eigenvalue weighted by Crippen LogP contribution is 2.11. The lowest BCUT2D eigenvalue weighted by molar-refractivity contribution is -0.132. The van der Waals surface area contributed by atoms with Crippen molar-refractivity contribution in [2.45, 2.75) is 173 Å². The van der Waals surface area contributed by atoms with Gasteiger partial charge in [0, 0.05) is 6.42 Å². The summed E-state index contributed by atoms with van der Waals surface area (Å²) in [5, 5.41) is 43.2. The van der Waals surface area contributed by atoms with E-state index in [0.29, 0.717) is 12.8 Å². The molecule has 0 saturated carbocycles. The van der Waals surface area contributed by atoms with Crippen molar-refractivity contribution < 1.29 is 25.2 Å². The number of allylic oxidation sites excluding steroid dienone is 7. The molecule has 0 saturated heterocycles. The largest absolute Gasteiger partial charge is 0.394 e. The van der Waals surface area contributed by atoms with E-state index in [1.165, 1.54) is 83.5 Å². The second-order valence-corrected chi connectivity index (χ2v) is 11.8. The minimum atomic E-state index is -1.31. The molecule has 0 bridgehead atoms. The first kappa shape index (κ1) is 41.3. The number of aliphatic hydroxyl groups is 4. The van der Waals surface area contributed by atoms with Crippen LogP contribution in [0.3, 0.4) is 0 Å². The van der Waals surface area contributed by atoms with E-state index in [1.54, 1.807) is 6.08 Å². The zero-order chi connectivity index (χ0) is 31.8. The Kier molecular flexibility index (Phi) is 30.4. The molecule has 0 fully saturated rings. The van der Waals surface area contributed by atoms with Crippen molar-refractivity contribution in [1.82, 2.24) is 5.32 Å². The molecule has 5 N–H and O–H groups in total. The lowest BCUT2D eigenvalue weighted by Gasteiger charge is -2.27. The van der Waals surface area contributed by atoms with Gasteiger partial charge in [-0.1, -0.05) is 127 Å². The van der Waals surface area contributed by atoms with Crippen molar-refractivity contribution in [3.63, 3.8) is 0 Å². The van der Waals surface area contributed by atoms with E-state index >= 15 is 0 Å². The molecule has 1 amide bonds. The van der Waals surface area contributed by atoms with E-state index in [4.69, 9.17) is 0 Å². The number of carbonyl (C=O) groups excluding carboxylic acids is 1. The maximum absolute atomic E-state index is 12.4. The van der Waals surface area contributed by atoms with Crippen molar-refractivity contribution in [2.24, 2.45) is 0 Å². The fraction of sp³-hybridized carbons (Fsp3) is 0.757. The lowest BCUT2D eigenvalue weighted by Crippen LogP contribution is -2.52. The fourth-order valence-electron chi connectivity index (χ4n) is 4.87. The first-order valence-corrected chi connectivity index (χ1v) is 17.5. The Hall–Kier alpha value is -1.73. The average Bonchev–Trinajstić information content (AvgIpc) is 3.01. The van der Waals surface area contributed by atoms with Crippen LogP contribution >= 0.6 is 0 Å². The molecule has 0 rings (SSSR count). The van der Waals surface area contributed by atoms with Crippen molar-refractivity contribution in [1.29, 1.82) is 0 Å². The van der Waals surface area contributed by atoms with Gasteiger partial charge < -0.3 is 25.7 Å². The molecule has 4 atom stereocenters. The van der Waals surface area contributed by atoms with Gasteiger partial charge >= 0.3 is 0 Å². The van der Waals surface area contributed by atoms with Gasteiger partial charge in [0.25, 0.3) is 0 Å². The Morgan fingerprint density at radius 2 is 1.07 bits per heavy atom. The van der Waals surface area contributed by atoms with Gasteiger partial charge in [0.1, 0.15) is 12.2 Å². The molecule has 0 radical (unpaired) electrons. The van der Waals surface area contributed by atoms with Crippen LogP contribution in [0.1, 0.15) is 149 Å². The van der Waals surface area contributed by atoms with Gasteiger partial charge in [-0.2, -0.15) is 0 Å². The van der Waals surface area contributed by atoms with Gasteiger partial charge in [-0.15, -0.1) is 0 Å². The quantitative estimate of drug-likeness (QED) is 0.0421. The minimum Gasteiger partial charge on any atom is -0.394 e. The highest BCUT2D eigenvalue weighted by Gasteiger charge is 2.28. The SMILES string of the molecule is CCCCCCCC/C=C\C/C=C\CC(O)C(=O)NC(CO)C(O)C(O)CCC/C=C/CC/C=C/CCCCCCCC. The van der Waals surface area contributed by atoms with E-state index in [-0.39, 0.29) is 6.42 Å². The number of unbranched alkanes of at least 4 members (excludes halogenated alkanes) is 14. The third-order valence-electron chi connectivity index (χ3n) is 7.75. The summed E-state index contributed by atoms with van der Waals surface area (Å²) in [5.41, 5.74) is 0. The van der Waals surface area contributed by atoms with Gasteiger partial charge in [0.15, 0.2) is 0 Å². The summed E-state index contributed by atoms with van der Waals surface area (Å²) < 4.78 is 0. The number of amides is 1. The summed E-state index contributed by atoms with van der Waals surface area (Å²) in [7, 11) is 0. The van der Waals surface area contributed by atoms with Crippen LogP contribution in [0.4, 0.5) is 0 Å². The fourth-order valence-corrected chi connectivity index (χ4v) is 4.87. The van der Waals surface area contributed by atoms with E-state index < -0.39 is 36.9 Å². The molecule has 0 heterocycles. The lowest BCUT2D eigenvalue weighted by atomic mass is 10.0. The maximum atomic E-state index is 12.4. The molecule has 250 valence electrons. The van der Waals surface area contributed by atoms with Crippen LogP contribution in [-0.4, -0.2) is 57.3 Å². The Morgan fingerprint density at radius 3 is 1.63 bits per heavy atom. The number of nitrogens with one attached hydrogen (secondary N) is 1. The van der Waals surface area contributed by atoms with Gasteiger partial charge in [-0.3, -0.25) is 4.79 Å². The second-order valence-electron chi connectivity index (χ2n) is 11.8. The molecule has 0 aromatic rings. The Labute approximate surface area is 264 Å². The Morgan fingerprint density at radius 1 is 0.605 bits per heavy atom. The monoisotopic (exact) mass is 606 g/mol. The van der Waals surface area contributed by atoms with Crippen molar-refractivity contribution in [2.75, 3.05) is 6.61 Å². The van der Waals surface area contributed by atoms with Crippen LogP contribution < -0.4 is 5.32 Å². The predicted octanol–water partition coefficient (Wildman–Crippen LogP) is 8.00. The van der Waals surface area contributed by atoms with E-state index in [0.717, 1.165) is 32.1 Å². The molecule has 0 aliphatic heterocycles. The van der Waals surface area contributed by atoms with Crippen LogP contribution in [0.15, 0.2) is 48.6 Å². The van der Waals surface area contributed by atoms with Crippen molar-refractivity contribution in [3.8, 4) is 0 Å². The molecule has 0 aliphatic rings. The number of rotatable bonds is 30. The Bertz CT molecular complexity index is 733. The molecule has 6 heteroatoms. The summed E-state index contributed by atoms with van der Waals surface area (Å²) >= 11 is 0. The Balaban J connectivity index is 4.03. The van der Waals surface area contributed by atoms with Crippen molar-refractivity contribution in [3.05, 3.63) is 48.6 Å². The molecule has 0 aromatic carbocycles. The zero-order valence-corrected chi connectivity index (χ0v) is 27.7. The van der Waals surface area contributed by atoms with Crippen LogP contribution in [-0.2, 0) is 4.79 Å². The highest BCUT2D eigenvalue weighted by atomic mass is 16.3.